The highest BCUT2D eigenvalue weighted by atomic mass is 16.5. The molecule has 26 heavy (non-hydrogen) atoms. The van der Waals surface area contributed by atoms with E-state index in [9.17, 15) is 9.90 Å². The number of ether oxygens (including phenoxy) is 1. The summed E-state index contributed by atoms with van der Waals surface area (Å²) in [6, 6.07) is 5.74. The maximum absolute atomic E-state index is 13.6. The van der Waals surface area contributed by atoms with Gasteiger partial charge in [0.25, 0.3) is 0 Å². The van der Waals surface area contributed by atoms with Gasteiger partial charge in [0.15, 0.2) is 17.3 Å². The normalized spacial score (nSPS) is 38.4. The fraction of sp³-hybridized carbons (Fsp3) is 0.667. The van der Waals surface area contributed by atoms with Gasteiger partial charge in [0, 0.05) is 0 Å². The van der Waals surface area contributed by atoms with Crippen LogP contribution in [0.15, 0.2) is 18.2 Å². The lowest BCUT2D eigenvalue weighted by Crippen LogP contribution is -3.41. The molecule has 0 radical (unpaired) electrons. The Morgan fingerprint density at radius 2 is 1.54 bits per heavy atom. The number of carbonyl (C=O) groups is 1. The van der Waals surface area contributed by atoms with Crippen LogP contribution in [0.3, 0.4) is 0 Å². The Bertz CT molecular complexity index is 697. The van der Waals surface area contributed by atoms with E-state index in [1.807, 2.05) is 12.1 Å². The molecular formula is C21H32N2O3+2. The number of phenolic OH excluding ortho intramolecular Hbond substituents is 1. The number of methoxy groups -OCH3 is 1. The van der Waals surface area contributed by atoms with Crippen molar-refractivity contribution in [1.82, 2.24) is 0 Å². The largest absolute Gasteiger partial charge is 0.504 e. The van der Waals surface area contributed by atoms with Crippen LogP contribution in [0.25, 0.3) is 0 Å². The van der Waals surface area contributed by atoms with Gasteiger partial charge in [-0.3, -0.25) is 14.6 Å². The van der Waals surface area contributed by atoms with E-state index in [1.54, 1.807) is 13.2 Å². The molecular weight excluding hydrogens is 328 g/mol. The molecule has 0 aliphatic carbocycles. The van der Waals surface area contributed by atoms with E-state index in [0.717, 1.165) is 26.2 Å². The van der Waals surface area contributed by atoms with Gasteiger partial charge in [-0.25, -0.2) is 0 Å². The molecule has 0 unspecified atom stereocenters. The second-order valence-corrected chi connectivity index (χ2v) is 9.34. The van der Waals surface area contributed by atoms with E-state index in [4.69, 9.17) is 4.74 Å². The summed E-state index contributed by atoms with van der Waals surface area (Å²) in [6.45, 7) is 12.6. The van der Waals surface area contributed by atoms with E-state index in [2.05, 4.69) is 27.7 Å². The summed E-state index contributed by atoms with van der Waals surface area (Å²) in [5.41, 5.74) is 0.819. The van der Waals surface area contributed by atoms with Crippen molar-refractivity contribution >= 4 is 5.78 Å². The molecule has 5 nitrogen and oxygen atoms in total. The number of phenols is 1. The Kier molecular flexibility index (Phi) is 3.90. The molecule has 0 spiro atoms. The van der Waals surface area contributed by atoms with E-state index in [0.29, 0.717) is 29.5 Å². The van der Waals surface area contributed by atoms with Gasteiger partial charge in [-0.1, -0.05) is 27.7 Å². The molecule has 4 bridgehead atoms. The van der Waals surface area contributed by atoms with E-state index < -0.39 is 0 Å². The number of Topliss-reactive ketones (excluding diaryl/α,β-unsaturated/α-hetero) is 1. The molecule has 142 valence electrons. The van der Waals surface area contributed by atoms with Crippen LogP contribution in [0.2, 0.25) is 0 Å². The van der Waals surface area contributed by atoms with Gasteiger partial charge in [0.1, 0.15) is 37.0 Å². The van der Waals surface area contributed by atoms with Crippen molar-refractivity contribution in [3.05, 3.63) is 23.8 Å². The first-order valence-electron chi connectivity index (χ1n) is 9.86. The van der Waals surface area contributed by atoms with Crippen LogP contribution in [0.4, 0.5) is 0 Å². The van der Waals surface area contributed by atoms with Crippen LogP contribution in [-0.4, -0.2) is 44.2 Å². The Morgan fingerprint density at radius 1 is 1.04 bits per heavy atom. The first-order valence-corrected chi connectivity index (χ1v) is 9.86. The van der Waals surface area contributed by atoms with Crippen molar-refractivity contribution in [3.63, 3.8) is 0 Å². The number of aromatic hydroxyl groups is 1. The summed E-state index contributed by atoms with van der Waals surface area (Å²) in [5.74, 6) is 1.99. The molecule has 4 saturated heterocycles. The lowest BCUT2D eigenvalue weighted by molar-refractivity contribution is -1.18. The van der Waals surface area contributed by atoms with Crippen LogP contribution < -0.4 is 14.5 Å². The average Bonchev–Trinajstić information content (AvgIpc) is 2.58. The quantitative estimate of drug-likeness (QED) is 0.712. The molecule has 4 heterocycles. The zero-order valence-corrected chi connectivity index (χ0v) is 16.6. The predicted molar refractivity (Wildman–Crippen MR) is 98.3 cm³/mol. The third-order valence-electron chi connectivity index (χ3n) is 7.64. The Hall–Kier alpha value is -1.59. The van der Waals surface area contributed by atoms with Gasteiger partial charge in [-0.15, -0.1) is 0 Å². The lowest BCUT2D eigenvalue weighted by atomic mass is 9.53. The van der Waals surface area contributed by atoms with Crippen LogP contribution in [0.5, 0.6) is 11.5 Å². The smallest absolute Gasteiger partial charge is 0.240 e. The van der Waals surface area contributed by atoms with Crippen molar-refractivity contribution in [3.8, 4) is 11.5 Å². The number of rotatable bonds is 4. The topological polar surface area (TPSA) is 55.4 Å². The molecule has 5 heteroatoms. The number of hydrogen-bond acceptors (Lipinski definition) is 3. The van der Waals surface area contributed by atoms with Crippen molar-refractivity contribution in [2.24, 2.45) is 22.7 Å². The van der Waals surface area contributed by atoms with Crippen LogP contribution in [0, 0.1) is 22.7 Å². The highest BCUT2D eigenvalue weighted by molar-refractivity contribution is 5.92. The maximum atomic E-state index is 13.6. The summed E-state index contributed by atoms with van der Waals surface area (Å²) in [4.78, 5) is 16.7. The van der Waals surface area contributed by atoms with Gasteiger partial charge in [-0.2, -0.15) is 0 Å². The summed E-state index contributed by atoms with van der Waals surface area (Å²) in [7, 11) is 1.59. The monoisotopic (exact) mass is 360 g/mol. The SMILES string of the molecule is COc1cc(C2[NH+]3CC4(C(C)C)C[NH+]2CC(C(C)C)(C3)C4=O)ccc1O. The Labute approximate surface area is 155 Å². The fourth-order valence-corrected chi connectivity index (χ4v) is 6.07. The minimum Gasteiger partial charge on any atom is -0.504 e. The molecule has 4 fully saturated rings. The molecule has 1 aromatic rings. The summed E-state index contributed by atoms with van der Waals surface area (Å²) >= 11 is 0. The second kappa shape index (κ2) is 5.70. The van der Waals surface area contributed by atoms with Crippen molar-refractivity contribution < 1.29 is 24.4 Å². The molecule has 0 saturated carbocycles. The predicted octanol–water partition coefficient (Wildman–Crippen LogP) is 0.0639. The third kappa shape index (κ3) is 2.13. The Balaban J connectivity index is 1.78. The number of benzene rings is 1. The molecule has 0 amide bonds. The van der Waals surface area contributed by atoms with Gasteiger partial charge in [0.2, 0.25) is 6.17 Å². The molecule has 0 aromatic heterocycles. The first-order chi connectivity index (χ1) is 12.2. The van der Waals surface area contributed by atoms with Gasteiger partial charge in [-0.05, 0) is 30.0 Å². The number of quaternary nitrogens is 2. The van der Waals surface area contributed by atoms with Gasteiger partial charge < -0.3 is 9.84 Å². The van der Waals surface area contributed by atoms with Crippen molar-refractivity contribution in [2.75, 3.05) is 33.3 Å². The first kappa shape index (κ1) is 17.8. The number of piperidine rings is 2. The molecule has 0 atom stereocenters. The molecule has 3 N–H and O–H groups in total. The third-order valence-corrected chi connectivity index (χ3v) is 7.64. The van der Waals surface area contributed by atoms with Crippen LogP contribution in [-0.2, 0) is 4.79 Å². The molecule has 1 aromatic carbocycles. The number of ketones is 1. The van der Waals surface area contributed by atoms with E-state index in [1.165, 1.54) is 15.4 Å². The summed E-state index contributed by atoms with van der Waals surface area (Å²) in [5, 5.41) is 9.96. The van der Waals surface area contributed by atoms with Crippen molar-refractivity contribution in [1.29, 1.82) is 0 Å². The molecule has 4 aliphatic rings. The van der Waals surface area contributed by atoms with Gasteiger partial charge >= 0.3 is 0 Å². The summed E-state index contributed by atoms with van der Waals surface area (Å²) in [6.07, 6.45) is 0.316. The lowest BCUT2D eigenvalue weighted by Gasteiger charge is -2.62. The zero-order valence-electron chi connectivity index (χ0n) is 16.6. The fourth-order valence-electron chi connectivity index (χ4n) is 6.07. The molecule has 5 rings (SSSR count). The summed E-state index contributed by atoms with van der Waals surface area (Å²) < 4.78 is 5.34. The number of hydrogen-bond donors (Lipinski definition) is 3. The second-order valence-electron chi connectivity index (χ2n) is 9.34. The van der Waals surface area contributed by atoms with Crippen LogP contribution in [0.1, 0.15) is 39.4 Å². The Morgan fingerprint density at radius 3 is 1.96 bits per heavy atom. The van der Waals surface area contributed by atoms with Crippen molar-refractivity contribution in [2.45, 2.75) is 33.9 Å². The average molecular weight is 360 g/mol. The zero-order chi connectivity index (χ0) is 18.9. The number of carbonyl (C=O) groups excluding carboxylic acids is 1. The minimum atomic E-state index is -0.192. The highest BCUT2D eigenvalue weighted by Gasteiger charge is 2.72. The standard InChI is InChI=1S/C21H30N2O3/c1-13(2)20-9-22-11-21(14(3)4,19(20)25)12-23(10-20)18(22)15-6-7-16(24)17(8-15)26-5/h6-8,13-14,18,24H,9-12H2,1-5H3/p+2. The highest BCUT2D eigenvalue weighted by Crippen LogP contribution is 2.45. The minimum absolute atomic E-state index is 0.183. The maximum Gasteiger partial charge on any atom is 0.240 e. The van der Waals surface area contributed by atoms with E-state index >= 15 is 0 Å². The van der Waals surface area contributed by atoms with Crippen LogP contribution >= 0.6 is 0 Å². The van der Waals surface area contributed by atoms with Gasteiger partial charge in [0.05, 0.1) is 12.7 Å². The van der Waals surface area contributed by atoms with E-state index in [-0.39, 0.29) is 16.6 Å². The number of nitrogens with one attached hydrogen (secondary N) is 2. The molecule has 4 aliphatic heterocycles.